The highest BCUT2D eigenvalue weighted by molar-refractivity contribution is 6.35. The van der Waals surface area contributed by atoms with Gasteiger partial charge in [0.2, 0.25) is 0 Å². The molecule has 0 unspecified atom stereocenters. The minimum Gasteiger partial charge on any atom is -0.312 e. The number of hydrogen-bond acceptors (Lipinski definition) is 1. The van der Waals surface area contributed by atoms with Gasteiger partial charge in [-0.3, -0.25) is 0 Å². The minimum atomic E-state index is -4.34. The maximum absolute atomic E-state index is 12.9. The van der Waals surface area contributed by atoms with Crippen LogP contribution >= 0.6 is 23.2 Å². The van der Waals surface area contributed by atoms with Crippen molar-refractivity contribution in [2.45, 2.75) is 19.1 Å². The summed E-state index contributed by atoms with van der Waals surface area (Å²) in [7, 11) is 0. The number of halogens is 5. The average molecular weight is 348 g/mol. The lowest BCUT2D eigenvalue weighted by Crippen LogP contribution is -2.19. The van der Waals surface area contributed by atoms with Gasteiger partial charge in [0.25, 0.3) is 0 Å². The third kappa shape index (κ3) is 4.63. The van der Waals surface area contributed by atoms with Crippen molar-refractivity contribution < 1.29 is 13.2 Å². The highest BCUT2D eigenvalue weighted by Gasteiger charge is 2.32. The van der Waals surface area contributed by atoms with Gasteiger partial charge >= 0.3 is 6.18 Å². The van der Waals surface area contributed by atoms with E-state index in [0.29, 0.717) is 23.0 Å². The maximum Gasteiger partial charge on any atom is 0.416 e. The molecule has 22 heavy (non-hydrogen) atoms. The molecule has 0 aliphatic carbocycles. The first-order valence-electron chi connectivity index (χ1n) is 6.67. The highest BCUT2D eigenvalue weighted by atomic mass is 35.5. The predicted octanol–water partition coefficient (Wildman–Crippen LogP) is 5.34. The summed E-state index contributed by atoms with van der Waals surface area (Å²) < 4.78 is 38.6. The van der Waals surface area contributed by atoms with Crippen molar-refractivity contribution in [2.75, 3.05) is 6.54 Å². The quantitative estimate of drug-likeness (QED) is 0.719. The van der Waals surface area contributed by atoms with E-state index in [9.17, 15) is 13.2 Å². The highest BCUT2D eigenvalue weighted by Crippen LogP contribution is 2.31. The van der Waals surface area contributed by atoms with Gasteiger partial charge in [-0.25, -0.2) is 0 Å². The number of rotatable bonds is 5. The topological polar surface area (TPSA) is 12.0 Å². The van der Waals surface area contributed by atoms with E-state index in [2.05, 4.69) is 5.32 Å². The Morgan fingerprint density at radius 2 is 1.68 bits per heavy atom. The molecule has 0 atom stereocenters. The van der Waals surface area contributed by atoms with E-state index in [1.165, 1.54) is 12.1 Å². The molecule has 2 rings (SSSR count). The van der Waals surface area contributed by atoms with Crippen molar-refractivity contribution in [1.82, 2.24) is 5.32 Å². The molecule has 0 aliphatic heterocycles. The van der Waals surface area contributed by atoms with Gasteiger partial charge in [0, 0.05) is 16.6 Å². The van der Waals surface area contributed by atoms with Gasteiger partial charge in [-0.1, -0.05) is 47.5 Å². The van der Waals surface area contributed by atoms with E-state index < -0.39 is 11.7 Å². The molecule has 2 aromatic rings. The molecule has 0 aromatic heterocycles. The van der Waals surface area contributed by atoms with Crippen LogP contribution in [0, 0.1) is 0 Å². The zero-order valence-electron chi connectivity index (χ0n) is 11.6. The largest absolute Gasteiger partial charge is 0.416 e. The molecule has 0 heterocycles. The molecule has 0 fully saturated rings. The lowest BCUT2D eigenvalue weighted by molar-refractivity contribution is -0.138. The molecule has 0 saturated carbocycles. The Balaban J connectivity index is 1.92. The average Bonchev–Trinajstić information content (AvgIpc) is 2.45. The number of benzene rings is 2. The molecular formula is C16H14Cl2F3N. The molecule has 118 valence electrons. The normalized spacial score (nSPS) is 11.7. The van der Waals surface area contributed by atoms with Crippen LogP contribution in [0.25, 0.3) is 0 Å². The van der Waals surface area contributed by atoms with E-state index in [4.69, 9.17) is 23.2 Å². The fraction of sp³-hybridized carbons (Fsp3) is 0.250. The molecular weight excluding hydrogens is 334 g/mol. The van der Waals surface area contributed by atoms with Crippen LogP contribution in [0.5, 0.6) is 0 Å². The van der Waals surface area contributed by atoms with Crippen LogP contribution in [0.4, 0.5) is 13.2 Å². The molecule has 1 nitrogen and oxygen atoms in total. The van der Waals surface area contributed by atoms with E-state index in [1.54, 1.807) is 18.2 Å². The van der Waals surface area contributed by atoms with Crippen molar-refractivity contribution >= 4 is 23.2 Å². The van der Waals surface area contributed by atoms with Crippen molar-refractivity contribution in [1.29, 1.82) is 0 Å². The van der Waals surface area contributed by atoms with Gasteiger partial charge in [-0.15, -0.1) is 0 Å². The van der Waals surface area contributed by atoms with E-state index in [-0.39, 0.29) is 12.1 Å². The van der Waals surface area contributed by atoms with Gasteiger partial charge in [0.1, 0.15) is 0 Å². The van der Waals surface area contributed by atoms with Crippen LogP contribution in [0.15, 0.2) is 42.5 Å². The van der Waals surface area contributed by atoms with E-state index in [1.807, 2.05) is 6.07 Å². The van der Waals surface area contributed by atoms with Crippen molar-refractivity contribution in [3.05, 3.63) is 69.2 Å². The van der Waals surface area contributed by atoms with Gasteiger partial charge < -0.3 is 5.32 Å². The second-order valence-corrected chi connectivity index (χ2v) is 5.66. The first-order chi connectivity index (χ1) is 10.4. The standard InChI is InChI=1S/C16H14Cl2F3N/c17-13-6-5-11(15(18)9-13)7-8-22-10-12-3-1-2-4-14(12)16(19,20)21/h1-6,9,22H,7-8,10H2. The summed E-state index contributed by atoms with van der Waals surface area (Å²) >= 11 is 11.9. The first-order valence-corrected chi connectivity index (χ1v) is 7.43. The van der Waals surface area contributed by atoms with E-state index in [0.717, 1.165) is 11.6 Å². The Bertz CT molecular complexity index is 642. The van der Waals surface area contributed by atoms with Crippen molar-refractivity contribution in [2.24, 2.45) is 0 Å². The van der Waals surface area contributed by atoms with Crippen molar-refractivity contribution in [3.8, 4) is 0 Å². The van der Waals surface area contributed by atoms with Gasteiger partial charge in [0.15, 0.2) is 0 Å². The third-order valence-corrected chi connectivity index (χ3v) is 3.81. The summed E-state index contributed by atoms with van der Waals surface area (Å²) in [5, 5.41) is 4.13. The third-order valence-electron chi connectivity index (χ3n) is 3.22. The summed E-state index contributed by atoms with van der Waals surface area (Å²) in [6.45, 7) is 0.675. The zero-order valence-corrected chi connectivity index (χ0v) is 13.1. The van der Waals surface area contributed by atoms with Crippen LogP contribution < -0.4 is 5.32 Å². The molecule has 6 heteroatoms. The van der Waals surface area contributed by atoms with Gasteiger partial charge in [-0.05, 0) is 42.3 Å². The summed E-state index contributed by atoms with van der Waals surface area (Å²) in [6.07, 6.45) is -3.72. The Morgan fingerprint density at radius 1 is 0.955 bits per heavy atom. The first kappa shape index (κ1) is 17.1. The fourth-order valence-electron chi connectivity index (χ4n) is 2.12. The number of alkyl halides is 3. The second kappa shape index (κ2) is 7.36. The van der Waals surface area contributed by atoms with Gasteiger partial charge in [-0.2, -0.15) is 13.2 Å². The van der Waals surface area contributed by atoms with Crippen LogP contribution in [-0.4, -0.2) is 6.54 Å². The second-order valence-electron chi connectivity index (χ2n) is 4.82. The number of nitrogens with one attached hydrogen (secondary N) is 1. The molecule has 0 radical (unpaired) electrons. The Kier molecular flexibility index (Phi) is 5.73. The molecule has 2 aromatic carbocycles. The van der Waals surface area contributed by atoms with E-state index >= 15 is 0 Å². The maximum atomic E-state index is 12.9. The summed E-state index contributed by atoms with van der Waals surface area (Å²) in [5.74, 6) is 0. The predicted molar refractivity (Wildman–Crippen MR) is 83.3 cm³/mol. The summed E-state index contributed by atoms with van der Waals surface area (Å²) in [6, 6.07) is 10.8. The lowest BCUT2D eigenvalue weighted by atomic mass is 10.1. The van der Waals surface area contributed by atoms with Crippen LogP contribution in [0.2, 0.25) is 10.0 Å². The van der Waals surface area contributed by atoms with Crippen molar-refractivity contribution in [3.63, 3.8) is 0 Å². The molecule has 0 amide bonds. The number of hydrogen-bond donors (Lipinski definition) is 1. The monoisotopic (exact) mass is 347 g/mol. The summed E-state index contributed by atoms with van der Waals surface area (Å²) in [5.41, 5.74) is 0.534. The SMILES string of the molecule is FC(F)(F)c1ccccc1CNCCc1ccc(Cl)cc1Cl. The minimum absolute atomic E-state index is 0.154. The van der Waals surface area contributed by atoms with Crippen LogP contribution in [0.1, 0.15) is 16.7 Å². The molecule has 1 N–H and O–H groups in total. The molecule has 0 saturated heterocycles. The summed E-state index contributed by atoms with van der Waals surface area (Å²) in [4.78, 5) is 0. The molecule has 0 aliphatic rings. The fourth-order valence-corrected chi connectivity index (χ4v) is 2.62. The lowest BCUT2D eigenvalue weighted by Gasteiger charge is -2.13. The molecule has 0 bridgehead atoms. The smallest absolute Gasteiger partial charge is 0.312 e. The van der Waals surface area contributed by atoms with Crippen LogP contribution in [-0.2, 0) is 19.1 Å². The Hall–Kier alpha value is -1.23. The van der Waals surface area contributed by atoms with Gasteiger partial charge in [0.05, 0.1) is 5.56 Å². The Morgan fingerprint density at radius 3 is 2.36 bits per heavy atom. The zero-order chi connectivity index (χ0) is 16.2. The Labute approximate surface area is 137 Å². The van der Waals surface area contributed by atoms with Crippen LogP contribution in [0.3, 0.4) is 0 Å². The molecule has 0 spiro atoms.